The topological polar surface area (TPSA) is 38.9 Å². The average Bonchev–Trinajstić information content (AvgIpc) is 3.13. The van der Waals surface area contributed by atoms with Crippen LogP contribution in [0.15, 0.2) is 28.5 Å². The molecule has 94 valence electrons. The van der Waals surface area contributed by atoms with Gasteiger partial charge >= 0.3 is 0 Å². The molecule has 5 heteroatoms. The van der Waals surface area contributed by atoms with Crippen molar-refractivity contribution in [3.8, 4) is 0 Å². The van der Waals surface area contributed by atoms with Crippen LogP contribution in [0.5, 0.6) is 0 Å². The van der Waals surface area contributed by atoms with Crippen molar-refractivity contribution in [2.45, 2.75) is 28.7 Å². The van der Waals surface area contributed by atoms with E-state index in [9.17, 15) is 0 Å². The van der Waals surface area contributed by atoms with Gasteiger partial charge < -0.3 is 5.73 Å². The van der Waals surface area contributed by atoms with E-state index >= 15 is 0 Å². The molecule has 0 aliphatic heterocycles. The lowest BCUT2D eigenvalue weighted by molar-refractivity contribution is 1.02. The smallest absolute Gasteiger partial charge is 0.181 e. The lowest BCUT2D eigenvalue weighted by Crippen LogP contribution is -1.86. The van der Waals surface area contributed by atoms with E-state index in [-0.39, 0.29) is 0 Å². The van der Waals surface area contributed by atoms with Crippen molar-refractivity contribution in [1.29, 1.82) is 0 Å². The zero-order valence-electron chi connectivity index (χ0n) is 9.73. The summed E-state index contributed by atoms with van der Waals surface area (Å²) in [6.07, 6.45) is 2.51. The van der Waals surface area contributed by atoms with Gasteiger partial charge in [-0.2, -0.15) is 0 Å². The first kappa shape index (κ1) is 12.3. The Hall–Kier alpha value is -0.710. The van der Waals surface area contributed by atoms with Crippen LogP contribution in [0.1, 0.15) is 30.0 Å². The molecule has 18 heavy (non-hydrogen) atoms. The van der Waals surface area contributed by atoms with Gasteiger partial charge in [-0.1, -0.05) is 41.1 Å². The fraction of sp³-hybridized carbons (Fsp3) is 0.308. The Balaban J connectivity index is 1.75. The molecule has 1 aromatic heterocycles. The van der Waals surface area contributed by atoms with Gasteiger partial charge in [0.1, 0.15) is 0 Å². The van der Waals surface area contributed by atoms with Crippen LogP contribution in [0.2, 0.25) is 5.02 Å². The third-order valence-electron chi connectivity index (χ3n) is 2.92. The van der Waals surface area contributed by atoms with Crippen LogP contribution < -0.4 is 5.73 Å². The van der Waals surface area contributed by atoms with Crippen LogP contribution in [-0.4, -0.2) is 4.98 Å². The monoisotopic (exact) mass is 296 g/mol. The van der Waals surface area contributed by atoms with Crippen LogP contribution in [-0.2, 0) is 5.75 Å². The Morgan fingerprint density at radius 3 is 2.89 bits per heavy atom. The lowest BCUT2D eigenvalue weighted by atomic mass is 10.2. The lowest BCUT2D eigenvalue weighted by Gasteiger charge is -2.03. The Bertz CT molecular complexity index is 564. The molecule has 1 heterocycles. The highest BCUT2D eigenvalue weighted by atomic mass is 35.5. The number of aromatic nitrogens is 1. The third-order valence-corrected chi connectivity index (χ3v) is 5.51. The normalized spacial score (nSPS) is 14.9. The van der Waals surface area contributed by atoms with Crippen LogP contribution in [0.4, 0.5) is 5.13 Å². The summed E-state index contributed by atoms with van der Waals surface area (Å²) >= 11 is 9.55. The summed E-state index contributed by atoms with van der Waals surface area (Å²) in [6.45, 7) is 0. The second kappa shape index (κ2) is 5.11. The fourth-order valence-electron chi connectivity index (χ4n) is 1.81. The first-order valence-electron chi connectivity index (χ1n) is 5.86. The predicted molar refractivity (Wildman–Crippen MR) is 79.5 cm³/mol. The van der Waals surface area contributed by atoms with Crippen LogP contribution >= 0.6 is 34.7 Å². The highest BCUT2D eigenvalue weighted by Crippen LogP contribution is 2.47. The molecule has 1 aliphatic rings. The molecule has 0 atom stereocenters. The van der Waals surface area contributed by atoms with Gasteiger partial charge in [-0.05, 0) is 24.5 Å². The molecule has 0 unspecified atom stereocenters. The second-order valence-corrected chi connectivity index (χ2v) is 7.06. The minimum Gasteiger partial charge on any atom is -0.375 e. The number of nitrogen functional groups attached to an aromatic ring is 1. The molecular formula is C13H13ClN2S2. The average molecular weight is 297 g/mol. The van der Waals surface area contributed by atoms with Crippen molar-refractivity contribution in [3.63, 3.8) is 0 Å². The molecule has 1 aromatic carbocycles. The van der Waals surface area contributed by atoms with Gasteiger partial charge in [0, 0.05) is 16.7 Å². The van der Waals surface area contributed by atoms with Gasteiger partial charge in [-0.15, -0.1) is 11.8 Å². The predicted octanol–water partition coefficient (Wildman–Crippen LogP) is 4.55. The number of anilines is 1. The number of halogens is 1. The maximum Gasteiger partial charge on any atom is 0.181 e. The van der Waals surface area contributed by atoms with E-state index in [1.54, 1.807) is 23.1 Å². The molecule has 0 amide bonds. The molecule has 3 rings (SSSR count). The minimum absolute atomic E-state index is 0.646. The molecule has 1 saturated carbocycles. The quantitative estimate of drug-likeness (QED) is 0.841. The Kier molecular flexibility index (Phi) is 3.50. The first-order chi connectivity index (χ1) is 8.74. The maximum atomic E-state index is 6.16. The summed E-state index contributed by atoms with van der Waals surface area (Å²) in [5.41, 5.74) is 8.18. The van der Waals surface area contributed by atoms with E-state index in [1.807, 2.05) is 18.2 Å². The van der Waals surface area contributed by atoms with Crippen molar-refractivity contribution in [1.82, 2.24) is 4.98 Å². The fourth-order valence-corrected chi connectivity index (χ4v) is 4.31. The minimum atomic E-state index is 0.646. The summed E-state index contributed by atoms with van der Waals surface area (Å²) in [4.78, 5) is 4.45. The highest BCUT2D eigenvalue weighted by molar-refractivity contribution is 8.00. The molecule has 0 saturated heterocycles. The molecule has 1 fully saturated rings. The summed E-state index contributed by atoms with van der Waals surface area (Å²) < 4.78 is 1.26. The number of nitrogens with two attached hydrogens (primary N) is 1. The largest absolute Gasteiger partial charge is 0.375 e. The van der Waals surface area contributed by atoms with Gasteiger partial charge in [0.2, 0.25) is 0 Å². The number of rotatable bonds is 4. The Morgan fingerprint density at radius 1 is 1.39 bits per heavy atom. The third kappa shape index (κ3) is 2.66. The summed E-state index contributed by atoms with van der Waals surface area (Å²) in [5.74, 6) is 1.52. The van der Waals surface area contributed by atoms with Gasteiger partial charge in [-0.3, -0.25) is 0 Å². The number of hydrogen-bond donors (Lipinski definition) is 1. The zero-order chi connectivity index (χ0) is 12.5. The van der Waals surface area contributed by atoms with E-state index < -0.39 is 0 Å². The van der Waals surface area contributed by atoms with Crippen molar-refractivity contribution in [2.24, 2.45) is 0 Å². The number of thiazole rings is 1. The molecule has 2 aromatic rings. The number of hydrogen-bond acceptors (Lipinski definition) is 4. The van der Waals surface area contributed by atoms with Gasteiger partial charge in [0.05, 0.1) is 9.90 Å². The Morgan fingerprint density at radius 2 is 2.17 bits per heavy atom. The van der Waals surface area contributed by atoms with Crippen molar-refractivity contribution >= 4 is 39.8 Å². The molecule has 0 bridgehead atoms. The molecule has 2 nitrogen and oxygen atoms in total. The summed E-state index contributed by atoms with van der Waals surface area (Å²) in [6, 6.07) is 7.97. The number of benzene rings is 1. The number of thioether (sulfide) groups is 1. The van der Waals surface area contributed by atoms with Gasteiger partial charge in [-0.25, -0.2) is 4.98 Å². The SMILES string of the molecule is Nc1nc(C2CC2)c(SCc2ccccc2Cl)s1. The summed E-state index contributed by atoms with van der Waals surface area (Å²) in [5, 5.41) is 1.51. The maximum absolute atomic E-state index is 6.16. The van der Waals surface area contributed by atoms with Crippen LogP contribution in [0.25, 0.3) is 0 Å². The first-order valence-corrected chi connectivity index (χ1v) is 8.04. The summed E-state index contributed by atoms with van der Waals surface area (Å²) in [7, 11) is 0. The zero-order valence-corrected chi connectivity index (χ0v) is 12.1. The molecular weight excluding hydrogens is 284 g/mol. The van der Waals surface area contributed by atoms with Gasteiger partial charge in [0.15, 0.2) is 5.13 Å². The number of nitrogens with zero attached hydrogens (tertiary/aromatic N) is 1. The van der Waals surface area contributed by atoms with E-state index in [0.717, 1.165) is 16.3 Å². The second-order valence-electron chi connectivity index (χ2n) is 4.38. The van der Waals surface area contributed by atoms with Crippen LogP contribution in [0.3, 0.4) is 0 Å². The van der Waals surface area contributed by atoms with Crippen molar-refractivity contribution in [2.75, 3.05) is 5.73 Å². The molecule has 1 aliphatic carbocycles. The molecule has 2 N–H and O–H groups in total. The molecule has 0 spiro atoms. The van der Waals surface area contributed by atoms with Crippen molar-refractivity contribution in [3.05, 3.63) is 40.5 Å². The van der Waals surface area contributed by atoms with Gasteiger partial charge in [0.25, 0.3) is 0 Å². The van der Waals surface area contributed by atoms with E-state index in [1.165, 1.54) is 22.7 Å². The van der Waals surface area contributed by atoms with E-state index in [2.05, 4.69) is 11.1 Å². The van der Waals surface area contributed by atoms with Crippen LogP contribution in [0, 0.1) is 0 Å². The molecule has 0 radical (unpaired) electrons. The van der Waals surface area contributed by atoms with E-state index in [4.69, 9.17) is 17.3 Å². The highest BCUT2D eigenvalue weighted by Gasteiger charge is 2.29. The Labute approximate surface area is 120 Å². The standard InChI is InChI=1S/C13H13ClN2S2/c14-10-4-2-1-3-9(10)7-17-12-11(8-5-6-8)16-13(15)18-12/h1-4,8H,5-7H2,(H2,15,16). The van der Waals surface area contributed by atoms with E-state index in [0.29, 0.717) is 11.0 Å². The van der Waals surface area contributed by atoms with Crippen molar-refractivity contribution < 1.29 is 0 Å².